The fourth-order valence-corrected chi connectivity index (χ4v) is 3.04. The standard InChI is InChI=1S/C10H11Cl2NOS2/c1-7(11)4-13-10(14)6-15-5-8-2-3-9(12)16-8/h2-3H,1,4-6H2,(H,13,14). The second kappa shape index (κ2) is 7.22. The van der Waals surface area contributed by atoms with Gasteiger partial charge in [-0.25, -0.2) is 0 Å². The van der Waals surface area contributed by atoms with E-state index in [0.29, 0.717) is 17.3 Å². The second-order valence-electron chi connectivity index (χ2n) is 2.99. The van der Waals surface area contributed by atoms with E-state index in [1.807, 2.05) is 12.1 Å². The van der Waals surface area contributed by atoms with Gasteiger partial charge < -0.3 is 5.32 Å². The number of amides is 1. The van der Waals surface area contributed by atoms with Crippen LogP contribution in [0.15, 0.2) is 23.7 Å². The Bertz CT molecular complexity index is 379. The first kappa shape index (κ1) is 13.9. The van der Waals surface area contributed by atoms with Gasteiger partial charge in [0.05, 0.1) is 16.6 Å². The molecule has 0 aliphatic carbocycles. The number of carbonyl (C=O) groups is 1. The lowest BCUT2D eigenvalue weighted by molar-refractivity contribution is -0.118. The number of nitrogens with one attached hydrogen (secondary N) is 1. The van der Waals surface area contributed by atoms with Gasteiger partial charge in [0.15, 0.2) is 0 Å². The molecule has 16 heavy (non-hydrogen) atoms. The smallest absolute Gasteiger partial charge is 0.230 e. The lowest BCUT2D eigenvalue weighted by Crippen LogP contribution is -2.26. The van der Waals surface area contributed by atoms with Crippen LogP contribution in [0.4, 0.5) is 0 Å². The van der Waals surface area contributed by atoms with Crippen molar-refractivity contribution in [3.05, 3.63) is 33.0 Å². The van der Waals surface area contributed by atoms with E-state index in [-0.39, 0.29) is 5.91 Å². The molecule has 88 valence electrons. The van der Waals surface area contributed by atoms with Crippen molar-refractivity contribution in [3.63, 3.8) is 0 Å². The summed E-state index contributed by atoms with van der Waals surface area (Å²) in [7, 11) is 0. The van der Waals surface area contributed by atoms with Crippen molar-refractivity contribution in [2.75, 3.05) is 12.3 Å². The van der Waals surface area contributed by atoms with E-state index >= 15 is 0 Å². The van der Waals surface area contributed by atoms with Crippen LogP contribution in [0.5, 0.6) is 0 Å². The van der Waals surface area contributed by atoms with Crippen LogP contribution in [-0.4, -0.2) is 18.2 Å². The zero-order chi connectivity index (χ0) is 12.0. The molecule has 0 saturated carbocycles. The Kier molecular flexibility index (Phi) is 6.28. The minimum absolute atomic E-state index is 0.0329. The molecular weight excluding hydrogens is 285 g/mol. The van der Waals surface area contributed by atoms with Crippen LogP contribution in [0.25, 0.3) is 0 Å². The summed E-state index contributed by atoms with van der Waals surface area (Å²) in [6.07, 6.45) is 0. The Hall–Kier alpha value is -0.160. The largest absolute Gasteiger partial charge is 0.350 e. The first-order chi connectivity index (χ1) is 7.58. The van der Waals surface area contributed by atoms with Crippen molar-refractivity contribution in [1.82, 2.24) is 5.32 Å². The molecule has 0 unspecified atom stereocenters. The van der Waals surface area contributed by atoms with Crippen LogP contribution in [0, 0.1) is 0 Å². The van der Waals surface area contributed by atoms with Crippen molar-refractivity contribution < 1.29 is 4.79 Å². The third-order valence-electron chi connectivity index (χ3n) is 1.58. The van der Waals surface area contributed by atoms with E-state index in [1.54, 1.807) is 11.8 Å². The number of thioether (sulfide) groups is 1. The number of carbonyl (C=O) groups excluding carboxylic acids is 1. The van der Waals surface area contributed by atoms with E-state index in [2.05, 4.69) is 11.9 Å². The molecule has 6 heteroatoms. The maximum Gasteiger partial charge on any atom is 0.230 e. The zero-order valence-corrected chi connectivity index (χ0v) is 11.6. The van der Waals surface area contributed by atoms with Crippen molar-refractivity contribution >= 4 is 52.2 Å². The van der Waals surface area contributed by atoms with E-state index in [9.17, 15) is 4.79 Å². The summed E-state index contributed by atoms with van der Waals surface area (Å²) in [5.74, 6) is 1.18. The Morgan fingerprint density at radius 3 is 2.88 bits per heavy atom. The summed E-state index contributed by atoms with van der Waals surface area (Å²) < 4.78 is 0.776. The lowest BCUT2D eigenvalue weighted by Gasteiger charge is -2.02. The van der Waals surface area contributed by atoms with Gasteiger partial charge in [-0.3, -0.25) is 4.79 Å². The predicted octanol–water partition coefficient (Wildman–Crippen LogP) is 3.50. The normalized spacial score (nSPS) is 10.1. The fraction of sp³-hybridized carbons (Fsp3) is 0.300. The Morgan fingerprint density at radius 2 is 2.31 bits per heavy atom. The number of rotatable bonds is 6. The molecule has 1 aromatic heterocycles. The summed E-state index contributed by atoms with van der Waals surface area (Å²) >= 11 is 14.4. The van der Waals surface area contributed by atoms with Crippen molar-refractivity contribution in [3.8, 4) is 0 Å². The van der Waals surface area contributed by atoms with Crippen LogP contribution in [-0.2, 0) is 10.5 Å². The predicted molar refractivity (Wildman–Crippen MR) is 73.5 cm³/mol. The molecule has 0 spiro atoms. The van der Waals surface area contributed by atoms with Gasteiger partial charge in [0.25, 0.3) is 0 Å². The molecule has 1 amide bonds. The van der Waals surface area contributed by atoms with Crippen LogP contribution >= 0.6 is 46.3 Å². The molecule has 0 aromatic carbocycles. The van der Waals surface area contributed by atoms with Gasteiger partial charge in [-0.1, -0.05) is 29.8 Å². The van der Waals surface area contributed by atoms with E-state index < -0.39 is 0 Å². The third kappa shape index (κ3) is 5.80. The van der Waals surface area contributed by atoms with Crippen LogP contribution in [0.2, 0.25) is 4.34 Å². The van der Waals surface area contributed by atoms with Crippen molar-refractivity contribution in [1.29, 1.82) is 0 Å². The third-order valence-corrected chi connectivity index (χ3v) is 4.11. The van der Waals surface area contributed by atoms with Gasteiger partial charge in [0, 0.05) is 15.7 Å². The van der Waals surface area contributed by atoms with E-state index in [1.165, 1.54) is 16.2 Å². The molecule has 1 heterocycles. The Labute approximate surface area is 113 Å². The molecule has 1 aromatic rings. The Morgan fingerprint density at radius 1 is 1.56 bits per heavy atom. The highest BCUT2D eigenvalue weighted by molar-refractivity contribution is 7.99. The SMILES string of the molecule is C=C(Cl)CNC(=O)CSCc1ccc(Cl)s1. The zero-order valence-electron chi connectivity index (χ0n) is 8.46. The minimum Gasteiger partial charge on any atom is -0.350 e. The molecule has 0 bridgehead atoms. The van der Waals surface area contributed by atoms with E-state index in [4.69, 9.17) is 23.2 Å². The molecule has 0 radical (unpaired) electrons. The summed E-state index contributed by atoms with van der Waals surface area (Å²) in [6.45, 7) is 3.81. The van der Waals surface area contributed by atoms with Gasteiger partial charge in [-0.2, -0.15) is 0 Å². The molecule has 1 N–H and O–H groups in total. The first-order valence-electron chi connectivity index (χ1n) is 4.50. The van der Waals surface area contributed by atoms with Crippen LogP contribution in [0.1, 0.15) is 4.88 Å². The summed E-state index contributed by atoms with van der Waals surface area (Å²) in [6, 6.07) is 3.83. The quantitative estimate of drug-likeness (QED) is 0.870. The average molecular weight is 296 g/mol. The van der Waals surface area contributed by atoms with Crippen molar-refractivity contribution in [2.24, 2.45) is 0 Å². The topological polar surface area (TPSA) is 29.1 Å². The molecule has 0 aliphatic heterocycles. The van der Waals surface area contributed by atoms with Crippen LogP contribution in [0.3, 0.4) is 0 Å². The molecule has 0 aliphatic rings. The average Bonchev–Trinajstić information content (AvgIpc) is 2.61. The first-order valence-corrected chi connectivity index (χ1v) is 7.22. The summed E-state index contributed by atoms with van der Waals surface area (Å²) in [5.41, 5.74) is 0. The maximum absolute atomic E-state index is 11.3. The summed E-state index contributed by atoms with van der Waals surface area (Å²) in [4.78, 5) is 12.5. The molecule has 0 fully saturated rings. The number of hydrogen-bond donors (Lipinski definition) is 1. The lowest BCUT2D eigenvalue weighted by atomic mass is 10.5. The van der Waals surface area contributed by atoms with Gasteiger partial charge >= 0.3 is 0 Å². The molecule has 0 atom stereocenters. The molecule has 1 rings (SSSR count). The number of halogens is 2. The molecular formula is C10H11Cl2NOS2. The van der Waals surface area contributed by atoms with Gasteiger partial charge in [0.1, 0.15) is 0 Å². The molecule has 2 nitrogen and oxygen atoms in total. The van der Waals surface area contributed by atoms with Gasteiger partial charge in [-0.15, -0.1) is 23.1 Å². The Balaban J connectivity index is 2.15. The number of thiophene rings is 1. The van der Waals surface area contributed by atoms with E-state index in [0.717, 1.165) is 10.1 Å². The monoisotopic (exact) mass is 295 g/mol. The van der Waals surface area contributed by atoms with Crippen LogP contribution < -0.4 is 5.32 Å². The van der Waals surface area contributed by atoms with Crippen molar-refractivity contribution in [2.45, 2.75) is 5.75 Å². The fourth-order valence-electron chi connectivity index (χ4n) is 0.919. The number of hydrogen-bond acceptors (Lipinski definition) is 3. The summed E-state index contributed by atoms with van der Waals surface area (Å²) in [5, 5.41) is 3.09. The highest BCUT2D eigenvalue weighted by atomic mass is 35.5. The molecule has 0 saturated heterocycles. The van der Waals surface area contributed by atoms with Gasteiger partial charge in [-0.05, 0) is 12.1 Å². The highest BCUT2D eigenvalue weighted by Crippen LogP contribution is 2.24. The maximum atomic E-state index is 11.3. The second-order valence-corrected chi connectivity index (χ2v) is 6.31. The highest BCUT2D eigenvalue weighted by Gasteiger charge is 2.03. The minimum atomic E-state index is -0.0329. The van der Waals surface area contributed by atoms with Gasteiger partial charge in [0.2, 0.25) is 5.91 Å².